The summed E-state index contributed by atoms with van der Waals surface area (Å²) in [5.74, 6) is 0.226. The van der Waals surface area contributed by atoms with Gasteiger partial charge in [-0.25, -0.2) is 0 Å². The molecule has 210 valence electrons. The van der Waals surface area contributed by atoms with E-state index in [2.05, 4.69) is 44.0 Å². The molecule has 4 heterocycles. The smallest absolute Gasteiger partial charge is 0.243 e. The van der Waals surface area contributed by atoms with Gasteiger partial charge in [0.2, 0.25) is 5.91 Å². The van der Waals surface area contributed by atoms with Crippen LogP contribution in [0.1, 0.15) is 58.8 Å². The fraction of sp³-hybridized carbons (Fsp3) is 0.645. The molecule has 7 heteroatoms. The summed E-state index contributed by atoms with van der Waals surface area (Å²) in [6.07, 6.45) is 17.7. The van der Waals surface area contributed by atoms with E-state index in [1.807, 2.05) is 18.2 Å². The molecule has 0 saturated carbocycles. The Kier molecular flexibility index (Phi) is 10.6. The van der Waals surface area contributed by atoms with Gasteiger partial charge in [-0.1, -0.05) is 61.1 Å². The lowest BCUT2D eigenvalue weighted by Gasteiger charge is -2.28. The molecule has 0 aromatic rings. The Hall–Kier alpha value is -2.03. The van der Waals surface area contributed by atoms with Gasteiger partial charge in [0, 0.05) is 7.11 Å². The summed E-state index contributed by atoms with van der Waals surface area (Å²) >= 11 is 0. The molecule has 9 atom stereocenters. The Morgan fingerprint density at radius 2 is 2.03 bits per heavy atom. The van der Waals surface area contributed by atoms with Crippen molar-refractivity contribution in [1.82, 2.24) is 5.32 Å². The van der Waals surface area contributed by atoms with E-state index in [0.717, 1.165) is 31.3 Å². The summed E-state index contributed by atoms with van der Waals surface area (Å²) in [7, 11) is 1.64. The van der Waals surface area contributed by atoms with Crippen LogP contribution in [0.3, 0.4) is 0 Å². The first-order chi connectivity index (χ1) is 18.3. The van der Waals surface area contributed by atoms with Gasteiger partial charge in [-0.05, 0) is 63.9 Å². The van der Waals surface area contributed by atoms with Crippen molar-refractivity contribution < 1.29 is 28.8 Å². The van der Waals surface area contributed by atoms with Crippen molar-refractivity contribution in [1.29, 1.82) is 0 Å². The molecule has 4 aliphatic rings. The van der Waals surface area contributed by atoms with E-state index in [1.54, 1.807) is 13.2 Å². The first kappa shape index (κ1) is 29.0. The molecule has 2 bridgehead atoms. The Labute approximate surface area is 227 Å². The third-order valence-electron chi connectivity index (χ3n) is 7.82. The minimum Gasteiger partial charge on any atom is -0.390 e. The summed E-state index contributed by atoms with van der Waals surface area (Å²) in [6.45, 7) is 9.16. The molecule has 38 heavy (non-hydrogen) atoms. The van der Waals surface area contributed by atoms with E-state index < -0.39 is 6.10 Å². The number of hydrogen-bond acceptors (Lipinski definition) is 6. The van der Waals surface area contributed by atoms with Gasteiger partial charge in [0.05, 0.1) is 49.3 Å². The summed E-state index contributed by atoms with van der Waals surface area (Å²) in [4.78, 5) is 12.9. The number of carbonyl (C=O) groups is 1. The van der Waals surface area contributed by atoms with Gasteiger partial charge >= 0.3 is 0 Å². The molecule has 1 amide bonds. The van der Waals surface area contributed by atoms with Gasteiger partial charge in [0.1, 0.15) is 6.10 Å². The van der Waals surface area contributed by atoms with E-state index in [9.17, 15) is 9.90 Å². The first-order valence-corrected chi connectivity index (χ1v) is 14.1. The number of aliphatic hydroxyl groups is 1. The van der Waals surface area contributed by atoms with Gasteiger partial charge in [-0.15, -0.1) is 0 Å². The Morgan fingerprint density at radius 3 is 2.82 bits per heavy atom. The number of carbonyl (C=O) groups excluding carboxylic acids is 1. The Balaban J connectivity index is 1.47. The summed E-state index contributed by atoms with van der Waals surface area (Å²) in [5, 5.41) is 14.0. The van der Waals surface area contributed by atoms with E-state index >= 15 is 0 Å². The van der Waals surface area contributed by atoms with Crippen molar-refractivity contribution in [2.75, 3.05) is 13.7 Å². The van der Waals surface area contributed by atoms with Crippen molar-refractivity contribution >= 4 is 5.91 Å². The van der Waals surface area contributed by atoms with E-state index in [4.69, 9.17) is 18.9 Å². The highest BCUT2D eigenvalue weighted by atomic mass is 16.6. The van der Waals surface area contributed by atoms with E-state index in [0.29, 0.717) is 31.8 Å². The van der Waals surface area contributed by atoms with Crippen LogP contribution < -0.4 is 5.32 Å². The summed E-state index contributed by atoms with van der Waals surface area (Å²) in [5.41, 5.74) is 2.34. The Bertz CT molecular complexity index is 939. The average molecular weight is 528 g/mol. The van der Waals surface area contributed by atoms with Gasteiger partial charge in [0.25, 0.3) is 0 Å². The predicted molar refractivity (Wildman–Crippen MR) is 148 cm³/mol. The Morgan fingerprint density at radius 1 is 1.18 bits per heavy atom. The largest absolute Gasteiger partial charge is 0.390 e. The number of hydrogen-bond donors (Lipinski definition) is 2. The molecule has 0 aromatic heterocycles. The van der Waals surface area contributed by atoms with Crippen LogP contribution in [0.25, 0.3) is 0 Å². The molecular weight excluding hydrogens is 482 g/mol. The van der Waals surface area contributed by atoms with Crippen LogP contribution >= 0.6 is 0 Å². The molecular formula is C31H45NO6. The minimum absolute atomic E-state index is 0.0139. The molecule has 7 nitrogen and oxygen atoms in total. The maximum atomic E-state index is 12.9. The second-order valence-corrected chi connectivity index (χ2v) is 11.4. The maximum absolute atomic E-state index is 12.9. The highest BCUT2D eigenvalue weighted by Gasteiger charge is 2.46. The van der Waals surface area contributed by atoms with Gasteiger partial charge < -0.3 is 29.4 Å². The highest BCUT2D eigenvalue weighted by Crippen LogP contribution is 2.34. The summed E-state index contributed by atoms with van der Waals surface area (Å²) < 4.78 is 23.8. The number of nitrogens with one attached hydrogen (secondary N) is 1. The average Bonchev–Trinajstić information content (AvgIpc) is 3.63. The SMILES string of the molecule is C=C1C[C@H](C)C[C@@H]2CC=C[C@@H](C/C=C\C(=O)N[C@H]([C@H](/C=C/[C@@H]3CC(C)=CCO3)OC)C[C@@H]3O[C@H]3[C@@H](O)C1)O2. The molecule has 4 rings (SSSR count). The number of rotatable bonds is 4. The zero-order valence-electron chi connectivity index (χ0n) is 23.1. The molecule has 0 aromatic carbocycles. The molecule has 0 radical (unpaired) electrons. The van der Waals surface area contributed by atoms with Crippen LogP contribution in [0.4, 0.5) is 0 Å². The number of methoxy groups -OCH3 is 1. The molecule has 1 fully saturated rings. The predicted octanol–water partition coefficient (Wildman–Crippen LogP) is 4.33. The lowest BCUT2D eigenvalue weighted by Crippen LogP contribution is -2.44. The van der Waals surface area contributed by atoms with Gasteiger partial charge in [-0.2, -0.15) is 0 Å². The van der Waals surface area contributed by atoms with Crippen LogP contribution in [0, 0.1) is 5.92 Å². The number of aliphatic hydroxyl groups excluding tert-OH is 1. The standard InChI is InChI=1S/C31H45NO6/c1-20-13-14-36-24(16-20)11-12-28(35-4)26-19-29-31(38-29)27(33)18-22(3)15-21(2)17-25-9-5-7-23(37-25)8-6-10-30(34)32-26/h5-7,10-13,21,23-29,31,33H,3,8-9,14-19H2,1-2,4H3,(H,32,34)/b10-6-,12-11+/t21-,23-,24+,25-,26-,27-,28-,29-,31-/m0/s1. The molecule has 0 unspecified atom stereocenters. The molecule has 0 spiro atoms. The van der Waals surface area contributed by atoms with E-state index in [1.165, 1.54) is 5.57 Å². The molecule has 0 aliphatic carbocycles. The van der Waals surface area contributed by atoms with Crippen molar-refractivity contribution in [3.8, 4) is 0 Å². The fourth-order valence-corrected chi connectivity index (χ4v) is 5.79. The topological polar surface area (TPSA) is 89.6 Å². The number of fused-ring (bicyclic) bond motifs is 3. The van der Waals surface area contributed by atoms with Crippen LogP contribution in [0.2, 0.25) is 0 Å². The van der Waals surface area contributed by atoms with E-state index in [-0.39, 0.29) is 48.6 Å². The maximum Gasteiger partial charge on any atom is 0.243 e. The van der Waals surface area contributed by atoms with Crippen molar-refractivity contribution in [3.05, 3.63) is 60.3 Å². The highest BCUT2D eigenvalue weighted by molar-refractivity contribution is 5.87. The quantitative estimate of drug-likeness (QED) is 0.418. The number of amides is 1. The number of ether oxygens (including phenoxy) is 4. The van der Waals surface area contributed by atoms with Crippen molar-refractivity contribution in [3.63, 3.8) is 0 Å². The zero-order chi connectivity index (χ0) is 27.1. The van der Waals surface area contributed by atoms with Crippen LogP contribution in [-0.2, 0) is 23.7 Å². The van der Waals surface area contributed by atoms with Gasteiger partial charge in [0.15, 0.2) is 0 Å². The zero-order valence-corrected chi connectivity index (χ0v) is 23.1. The third kappa shape index (κ3) is 8.75. The molecule has 1 saturated heterocycles. The number of epoxide rings is 1. The normalized spacial score (nSPS) is 38.9. The minimum atomic E-state index is -0.616. The van der Waals surface area contributed by atoms with Crippen molar-refractivity contribution in [2.45, 2.75) is 108 Å². The molecule has 4 aliphatic heterocycles. The lowest BCUT2D eigenvalue weighted by atomic mass is 9.90. The third-order valence-corrected chi connectivity index (χ3v) is 7.82. The summed E-state index contributed by atoms with van der Waals surface area (Å²) in [6, 6.07) is -0.326. The van der Waals surface area contributed by atoms with Crippen molar-refractivity contribution in [2.24, 2.45) is 5.92 Å². The van der Waals surface area contributed by atoms with Gasteiger partial charge in [-0.3, -0.25) is 4.79 Å². The molecule has 2 N–H and O–H groups in total. The lowest BCUT2D eigenvalue weighted by molar-refractivity contribution is -0.118. The second kappa shape index (κ2) is 13.9. The fourth-order valence-electron chi connectivity index (χ4n) is 5.79. The van der Waals surface area contributed by atoms with Crippen LogP contribution in [-0.4, -0.2) is 73.5 Å². The van der Waals surface area contributed by atoms with Crippen LogP contribution in [0.5, 0.6) is 0 Å². The second-order valence-electron chi connectivity index (χ2n) is 11.4. The monoisotopic (exact) mass is 527 g/mol. The first-order valence-electron chi connectivity index (χ1n) is 14.1. The van der Waals surface area contributed by atoms with Crippen LogP contribution in [0.15, 0.2) is 60.3 Å².